The van der Waals surface area contributed by atoms with Gasteiger partial charge in [0.2, 0.25) is 0 Å². The topological polar surface area (TPSA) is 72.5 Å². The van der Waals surface area contributed by atoms with Crippen LogP contribution in [0.25, 0.3) is 11.1 Å². The van der Waals surface area contributed by atoms with E-state index in [0.717, 1.165) is 57.1 Å². The summed E-state index contributed by atoms with van der Waals surface area (Å²) in [4.78, 5) is 4.26. The number of nitrogens with zero attached hydrogens (tertiary/aromatic N) is 4. The molecule has 0 aromatic heterocycles. The molecule has 0 aliphatic carbocycles. The van der Waals surface area contributed by atoms with Gasteiger partial charge >= 0.3 is 0 Å². The lowest BCUT2D eigenvalue weighted by Crippen LogP contribution is -2.16. The van der Waals surface area contributed by atoms with Gasteiger partial charge in [-0.1, -0.05) is 48.5 Å². The van der Waals surface area contributed by atoms with Crippen LogP contribution in [0.1, 0.15) is 11.1 Å². The van der Waals surface area contributed by atoms with Crippen LogP contribution in [0.4, 0.5) is 34.1 Å². The molecule has 0 fully saturated rings. The summed E-state index contributed by atoms with van der Waals surface area (Å²) in [6.07, 6.45) is 0. The van der Waals surface area contributed by atoms with Gasteiger partial charge in [-0.25, -0.2) is 0 Å². The molecule has 6 nitrogen and oxygen atoms in total. The summed E-state index contributed by atoms with van der Waals surface area (Å²) < 4.78 is 12.4. The van der Waals surface area contributed by atoms with Crippen LogP contribution in [-0.4, -0.2) is 0 Å². The Morgan fingerprint density at radius 3 is 1.05 bits per heavy atom. The SMILES string of the molecule is N#Cc1ccc(N2c3ccccc3Oc3ccccc32)cc1-c1cc(N2c3ccccc3Oc3ccccc32)ccc1C#N. The number of anilines is 6. The van der Waals surface area contributed by atoms with E-state index in [-0.39, 0.29) is 0 Å². The Morgan fingerprint density at radius 2 is 0.727 bits per heavy atom. The molecular weight excluding hydrogens is 544 g/mol. The molecule has 0 radical (unpaired) electrons. The van der Waals surface area contributed by atoms with E-state index < -0.39 is 0 Å². The monoisotopic (exact) mass is 566 g/mol. The smallest absolute Gasteiger partial charge is 0.151 e. The summed E-state index contributed by atoms with van der Waals surface area (Å²) in [6, 6.07) is 47.7. The van der Waals surface area contributed by atoms with Crippen molar-refractivity contribution in [2.24, 2.45) is 0 Å². The highest BCUT2D eigenvalue weighted by Gasteiger charge is 2.28. The summed E-state index contributed by atoms with van der Waals surface area (Å²) in [7, 11) is 0. The molecule has 6 aromatic rings. The first-order valence-electron chi connectivity index (χ1n) is 14.1. The van der Waals surface area contributed by atoms with E-state index in [1.165, 1.54) is 0 Å². The number of benzene rings is 6. The third kappa shape index (κ3) is 3.94. The number of hydrogen-bond donors (Lipinski definition) is 0. The second kappa shape index (κ2) is 10.1. The molecule has 0 bridgehead atoms. The molecule has 0 saturated carbocycles. The van der Waals surface area contributed by atoms with Crippen LogP contribution < -0.4 is 19.3 Å². The maximum absolute atomic E-state index is 10.2. The van der Waals surface area contributed by atoms with Crippen molar-refractivity contribution in [3.63, 3.8) is 0 Å². The third-order valence-electron chi connectivity index (χ3n) is 7.92. The molecule has 6 aromatic carbocycles. The molecule has 0 spiro atoms. The Balaban J connectivity index is 1.33. The van der Waals surface area contributed by atoms with Crippen LogP contribution in [0.2, 0.25) is 0 Å². The van der Waals surface area contributed by atoms with Crippen LogP contribution in [0.3, 0.4) is 0 Å². The van der Waals surface area contributed by atoms with Crippen molar-refractivity contribution in [3.8, 4) is 46.3 Å². The second-order valence-corrected chi connectivity index (χ2v) is 10.4. The predicted octanol–water partition coefficient (Wildman–Crippen LogP) is 10.2. The first-order chi connectivity index (χ1) is 21.7. The fourth-order valence-electron chi connectivity index (χ4n) is 5.95. The van der Waals surface area contributed by atoms with Gasteiger partial charge in [-0.3, -0.25) is 0 Å². The average molecular weight is 567 g/mol. The molecule has 0 atom stereocenters. The Kier molecular flexibility index (Phi) is 5.79. The lowest BCUT2D eigenvalue weighted by atomic mass is 9.94. The van der Waals surface area contributed by atoms with E-state index in [0.29, 0.717) is 22.3 Å². The molecule has 0 N–H and O–H groups in total. The van der Waals surface area contributed by atoms with Crippen molar-refractivity contribution in [1.29, 1.82) is 10.5 Å². The summed E-state index contributed by atoms with van der Waals surface area (Å²) in [5, 5.41) is 20.5. The minimum absolute atomic E-state index is 0.472. The Hall–Kier alpha value is -6.50. The highest BCUT2D eigenvalue weighted by Crippen LogP contribution is 2.52. The molecule has 44 heavy (non-hydrogen) atoms. The third-order valence-corrected chi connectivity index (χ3v) is 7.92. The maximum atomic E-state index is 10.2. The number of nitriles is 2. The van der Waals surface area contributed by atoms with Gasteiger partial charge in [0.25, 0.3) is 0 Å². The molecule has 2 aliphatic rings. The van der Waals surface area contributed by atoms with Crippen molar-refractivity contribution in [2.45, 2.75) is 0 Å². The molecule has 206 valence electrons. The van der Waals surface area contributed by atoms with E-state index in [4.69, 9.17) is 9.47 Å². The molecule has 0 unspecified atom stereocenters. The number of para-hydroxylation sites is 8. The van der Waals surface area contributed by atoms with Gasteiger partial charge in [-0.2, -0.15) is 10.5 Å². The lowest BCUT2D eigenvalue weighted by Gasteiger charge is -2.33. The second-order valence-electron chi connectivity index (χ2n) is 10.4. The maximum Gasteiger partial charge on any atom is 0.151 e. The minimum Gasteiger partial charge on any atom is -0.453 e. The molecule has 0 saturated heterocycles. The van der Waals surface area contributed by atoms with E-state index in [9.17, 15) is 10.5 Å². The largest absolute Gasteiger partial charge is 0.453 e. The summed E-state index contributed by atoms with van der Waals surface area (Å²) in [5.74, 6) is 2.95. The quantitative estimate of drug-likeness (QED) is 0.212. The summed E-state index contributed by atoms with van der Waals surface area (Å²) >= 11 is 0. The van der Waals surface area contributed by atoms with E-state index in [1.54, 1.807) is 0 Å². The highest BCUT2D eigenvalue weighted by molar-refractivity contribution is 5.92. The van der Waals surface area contributed by atoms with Crippen LogP contribution in [0.5, 0.6) is 23.0 Å². The fraction of sp³-hybridized carbons (Fsp3) is 0. The first kappa shape index (κ1) is 25.2. The Morgan fingerprint density at radius 1 is 0.409 bits per heavy atom. The van der Waals surface area contributed by atoms with Gasteiger partial charge in [0.05, 0.1) is 46.0 Å². The van der Waals surface area contributed by atoms with E-state index in [2.05, 4.69) is 21.9 Å². The molecular formula is C38H22N4O2. The highest BCUT2D eigenvalue weighted by atomic mass is 16.5. The molecule has 2 aliphatic heterocycles. The zero-order chi connectivity index (χ0) is 29.6. The Labute approximate surface area is 254 Å². The zero-order valence-corrected chi connectivity index (χ0v) is 23.3. The van der Waals surface area contributed by atoms with Gasteiger partial charge in [-0.05, 0) is 84.9 Å². The number of fused-ring (bicyclic) bond motifs is 4. The van der Waals surface area contributed by atoms with Gasteiger partial charge in [-0.15, -0.1) is 0 Å². The van der Waals surface area contributed by atoms with E-state index >= 15 is 0 Å². The Bertz CT molecular complexity index is 1950. The van der Waals surface area contributed by atoms with Crippen molar-refractivity contribution >= 4 is 34.1 Å². The summed E-state index contributed by atoms with van der Waals surface area (Å²) in [5.41, 5.74) is 7.52. The first-order valence-corrected chi connectivity index (χ1v) is 14.1. The van der Waals surface area contributed by atoms with Crippen LogP contribution in [0.15, 0.2) is 133 Å². The van der Waals surface area contributed by atoms with Gasteiger partial charge < -0.3 is 19.3 Å². The average Bonchev–Trinajstić information content (AvgIpc) is 3.09. The van der Waals surface area contributed by atoms with Gasteiger partial charge in [0.15, 0.2) is 23.0 Å². The number of ether oxygens (including phenoxy) is 2. The standard InChI is InChI=1S/C38H22N4O2/c39-23-25-17-19-27(41-31-9-1-5-13-35(31)43-36-14-6-2-10-32(36)41)21-29(25)30-22-28(20-18-26(30)24-40)42-33-11-3-7-15-37(33)44-38-16-8-4-12-34(38)42/h1-22H. The van der Waals surface area contributed by atoms with Crippen LogP contribution in [0, 0.1) is 22.7 Å². The van der Waals surface area contributed by atoms with Gasteiger partial charge in [0.1, 0.15) is 0 Å². The zero-order valence-electron chi connectivity index (χ0n) is 23.3. The molecule has 2 heterocycles. The van der Waals surface area contributed by atoms with Crippen LogP contribution >= 0.6 is 0 Å². The fourth-order valence-corrected chi connectivity index (χ4v) is 5.95. The predicted molar refractivity (Wildman–Crippen MR) is 171 cm³/mol. The van der Waals surface area contributed by atoms with Crippen molar-refractivity contribution in [1.82, 2.24) is 0 Å². The number of rotatable bonds is 3. The molecule has 8 rings (SSSR count). The minimum atomic E-state index is 0.472. The van der Waals surface area contributed by atoms with Crippen LogP contribution in [-0.2, 0) is 0 Å². The lowest BCUT2D eigenvalue weighted by molar-refractivity contribution is 0.476. The summed E-state index contributed by atoms with van der Waals surface area (Å²) in [6.45, 7) is 0. The van der Waals surface area contributed by atoms with Crippen molar-refractivity contribution < 1.29 is 9.47 Å². The van der Waals surface area contributed by atoms with Gasteiger partial charge in [0, 0.05) is 22.5 Å². The van der Waals surface area contributed by atoms with E-state index in [1.807, 2.05) is 133 Å². The van der Waals surface area contributed by atoms with Crippen molar-refractivity contribution in [2.75, 3.05) is 9.80 Å². The molecule has 6 heteroatoms. The molecule has 0 amide bonds. The van der Waals surface area contributed by atoms with Crippen molar-refractivity contribution in [3.05, 3.63) is 145 Å². The normalized spacial score (nSPS) is 12.3. The number of hydrogen-bond acceptors (Lipinski definition) is 6.